The van der Waals surface area contributed by atoms with Crippen LogP contribution < -0.4 is 56.6 Å². The molecule has 0 saturated carbocycles. The number of rotatable bonds is 9. The van der Waals surface area contributed by atoms with E-state index in [1.54, 1.807) is 97.5 Å². The molecular formula is C39H32Bi3Cl2O3P3Zr-3. The molecule has 0 radical (unpaired) electrons. The fourth-order valence-electron chi connectivity index (χ4n) is 5.76. The molecule has 0 fully saturated rings. The van der Waals surface area contributed by atoms with Gasteiger partial charge in [0.2, 0.25) is 0 Å². The molecule has 7 rings (SSSR count). The molecule has 1 heterocycles. The molecular weight excluding hydrogens is 1400 g/mol. The van der Waals surface area contributed by atoms with Crippen LogP contribution in [0.25, 0.3) is 0 Å². The van der Waals surface area contributed by atoms with Gasteiger partial charge in [0.05, 0.1) is 0 Å². The van der Waals surface area contributed by atoms with Gasteiger partial charge >= 0.3 is 78.7 Å². The molecule has 1 aliphatic rings. The topological polar surface area (TPSA) is 51.2 Å². The van der Waals surface area contributed by atoms with Gasteiger partial charge in [-0.15, -0.1) is 0 Å². The van der Waals surface area contributed by atoms with Crippen LogP contribution in [-0.4, -0.2) is 49.2 Å². The van der Waals surface area contributed by atoms with Gasteiger partial charge in [-0.25, -0.2) is 0 Å². The molecule has 0 N–H and O–H groups in total. The van der Waals surface area contributed by atoms with Crippen LogP contribution in [-0.2, 0) is 38.4 Å². The second kappa shape index (κ2) is 20.7. The van der Waals surface area contributed by atoms with Gasteiger partial charge in [0.25, 0.3) is 0 Å². The van der Waals surface area contributed by atoms with E-state index in [1.165, 1.54) is 0 Å². The fraction of sp³-hybridized carbons (Fsp3) is 0. The monoisotopic (exact) mass is 1430 g/mol. The summed E-state index contributed by atoms with van der Waals surface area (Å²) >= 11 is 2.85. The Morgan fingerprint density at radius 2 is 0.627 bits per heavy atom. The summed E-state index contributed by atoms with van der Waals surface area (Å²) in [6, 6.07) is 54.7. The van der Waals surface area contributed by atoms with Crippen molar-refractivity contribution < 1.29 is 63.2 Å². The minimum absolute atomic E-state index is 0. The van der Waals surface area contributed by atoms with Gasteiger partial charge in [-0.1, -0.05) is 187 Å². The van der Waals surface area contributed by atoms with E-state index in [4.69, 9.17) is 0 Å². The molecule has 6 aromatic carbocycles. The maximum atomic E-state index is 16.5. The molecule has 257 valence electrons. The first-order valence-electron chi connectivity index (χ1n) is 15.5. The predicted molar refractivity (Wildman–Crippen MR) is 209 cm³/mol. The first kappa shape index (κ1) is 43.6. The maximum absolute atomic E-state index is 16.5. The third kappa shape index (κ3) is 9.64. The quantitative estimate of drug-likeness (QED) is 0.121. The normalized spacial score (nSPS) is 12.4. The van der Waals surface area contributed by atoms with Crippen molar-refractivity contribution >= 4 is 102 Å². The van der Waals surface area contributed by atoms with E-state index in [1.807, 2.05) is 110 Å². The van der Waals surface area contributed by atoms with Crippen molar-refractivity contribution in [3.8, 4) is 0 Å². The van der Waals surface area contributed by atoms with Crippen LogP contribution in [0.2, 0.25) is 0 Å². The third-order valence-electron chi connectivity index (χ3n) is 7.98. The summed E-state index contributed by atoms with van der Waals surface area (Å²) in [5.41, 5.74) is 0. The van der Waals surface area contributed by atoms with Crippen LogP contribution in [0.4, 0.5) is 0 Å². The fourth-order valence-corrected chi connectivity index (χ4v) is 232. The predicted octanol–water partition coefficient (Wildman–Crippen LogP) is 0.504. The zero-order valence-electron chi connectivity index (χ0n) is 27.1. The van der Waals surface area contributed by atoms with Gasteiger partial charge in [-0.2, -0.15) is 0 Å². The number of hydrogen-bond acceptors (Lipinski definition) is 3. The second-order valence-electron chi connectivity index (χ2n) is 11.0. The standard InChI is InChI=1S/C37H30O3P3.C2H.3Bi.2ClH.Zr.H/c38-41(31-19-7-1-8-20-31,32-21-9-2-10-22-32)37(42(39,33-23-11-3-12-24-33)34-25-13-4-14-26-34)43(40,35-27-15-5-16-28-35)36-29-17-6-18-30-36;1-2;;;;;;;/h1-30H;1H;;;;2*1H;;/q-1;;;;;;;;/p-2. The van der Waals surface area contributed by atoms with Crippen molar-refractivity contribution in [1.29, 1.82) is 0 Å². The Balaban J connectivity index is 0.000000662. The van der Waals surface area contributed by atoms with E-state index < -0.39 is 21.4 Å². The van der Waals surface area contributed by atoms with E-state index in [9.17, 15) is 0 Å². The molecule has 6 aromatic rings. The van der Waals surface area contributed by atoms with Gasteiger partial charge in [0, 0.05) is 21.4 Å². The van der Waals surface area contributed by atoms with Crippen LogP contribution >= 0.6 is 21.4 Å². The van der Waals surface area contributed by atoms with E-state index >= 15 is 13.7 Å². The molecule has 0 atom stereocenters. The molecule has 0 bridgehead atoms. The van der Waals surface area contributed by atoms with Crippen molar-refractivity contribution in [3.63, 3.8) is 0 Å². The Labute approximate surface area is 352 Å². The van der Waals surface area contributed by atoms with E-state index in [0.717, 1.165) is 0 Å². The zero-order chi connectivity index (χ0) is 34.2. The molecule has 0 aromatic heterocycles. The second-order valence-corrected chi connectivity index (χ2v) is 114. The number of benzene rings is 6. The molecule has 0 unspecified atom stereocenters. The minimum atomic E-state index is -4.05. The van der Waals surface area contributed by atoms with Gasteiger partial charge < -0.3 is 38.5 Å². The summed E-state index contributed by atoms with van der Waals surface area (Å²) in [5, 5.41) is 2.96. The van der Waals surface area contributed by atoms with Crippen molar-refractivity contribution in [3.05, 3.63) is 192 Å². The van der Waals surface area contributed by atoms with Crippen molar-refractivity contribution in [2.75, 3.05) is 0 Å². The Kier molecular flexibility index (Phi) is 17.7. The molecule has 12 heteroatoms. The average molecular weight is 1430 g/mol. The van der Waals surface area contributed by atoms with Crippen LogP contribution in [0, 0.1) is 5.14 Å². The Bertz CT molecular complexity index is 1840. The SMILES string of the molecule is O=P(c1ccccc1)(c1ccccc1)[C-](P(=O)(c1ccccc1)c1ccccc1)P(=O)(c1ccccc1)c1ccccc1.[Cl-].[Cl-].[Zr][C]1=[CH][BiH][Bi]=[Bi]1. The van der Waals surface area contributed by atoms with Gasteiger partial charge in [-0.05, 0) is 31.8 Å². The molecule has 1 aliphatic heterocycles. The molecule has 0 aliphatic carbocycles. The molecule has 0 saturated heterocycles. The zero-order valence-corrected chi connectivity index (χ0v) is 44.6. The summed E-state index contributed by atoms with van der Waals surface area (Å²) in [6.07, 6.45) is 0. The Hall–Kier alpha value is -0.138. The van der Waals surface area contributed by atoms with Crippen LogP contribution in [0.3, 0.4) is 0 Å². The molecule has 3 nitrogen and oxygen atoms in total. The summed E-state index contributed by atoms with van der Waals surface area (Å²) in [6.45, 7) is 0. The first-order chi connectivity index (χ1) is 23.9. The summed E-state index contributed by atoms with van der Waals surface area (Å²) in [4.78, 5) is 0. The summed E-state index contributed by atoms with van der Waals surface area (Å²) in [7, 11) is -12.1. The van der Waals surface area contributed by atoms with Gasteiger partial charge in [-0.3, -0.25) is 0 Å². The molecule has 51 heavy (non-hydrogen) atoms. The van der Waals surface area contributed by atoms with E-state index in [2.05, 4.69) is 3.78 Å². The van der Waals surface area contributed by atoms with Gasteiger partial charge in [0.1, 0.15) is 0 Å². The van der Waals surface area contributed by atoms with Crippen molar-refractivity contribution in [2.45, 2.75) is 0 Å². The Morgan fingerprint density at radius 1 is 0.412 bits per heavy atom. The number of hydrogen-bond donors (Lipinski definition) is 0. The van der Waals surface area contributed by atoms with E-state index in [0.29, 0.717) is 62.6 Å². The van der Waals surface area contributed by atoms with Gasteiger partial charge in [0.15, 0.2) is 0 Å². The molecule has 0 spiro atoms. The van der Waals surface area contributed by atoms with E-state index in [-0.39, 0.29) is 48.4 Å². The van der Waals surface area contributed by atoms with Crippen molar-refractivity contribution in [1.82, 2.24) is 0 Å². The third-order valence-corrected chi connectivity index (χ3v) is 134. The van der Waals surface area contributed by atoms with Crippen molar-refractivity contribution in [2.24, 2.45) is 0 Å². The Morgan fingerprint density at radius 3 is 0.765 bits per heavy atom. The number of halogens is 2. The van der Waals surface area contributed by atoms with Crippen LogP contribution in [0.15, 0.2) is 187 Å². The van der Waals surface area contributed by atoms with Crippen LogP contribution in [0.5, 0.6) is 0 Å². The average Bonchev–Trinajstić information content (AvgIpc) is 3.67. The van der Waals surface area contributed by atoms with Crippen LogP contribution in [0.1, 0.15) is 0 Å². The summed E-state index contributed by atoms with van der Waals surface area (Å²) in [5.74, 6) is 0. The first-order valence-corrected chi connectivity index (χ1v) is 58.0. The molecule has 0 amide bonds. The summed E-state index contributed by atoms with van der Waals surface area (Å²) < 4.78 is 54.3.